The number of aromatic nitrogens is 3. The van der Waals surface area contributed by atoms with Crippen LogP contribution in [0.4, 0.5) is 0 Å². The molecule has 3 rings (SSSR count). The summed E-state index contributed by atoms with van der Waals surface area (Å²) in [5, 5.41) is 11.5. The molecular weight excluding hydrogens is 366 g/mol. The number of carbonyl (C=O) groups excluding carboxylic acids is 2. The van der Waals surface area contributed by atoms with Crippen molar-refractivity contribution < 1.29 is 14.0 Å². The van der Waals surface area contributed by atoms with E-state index in [9.17, 15) is 9.59 Å². The van der Waals surface area contributed by atoms with E-state index >= 15 is 0 Å². The van der Waals surface area contributed by atoms with E-state index in [1.54, 1.807) is 18.4 Å². The lowest BCUT2D eigenvalue weighted by Gasteiger charge is -2.11. The van der Waals surface area contributed by atoms with Crippen LogP contribution < -0.4 is 11.1 Å². The number of furan rings is 1. The fourth-order valence-electron chi connectivity index (χ4n) is 2.38. The van der Waals surface area contributed by atoms with E-state index in [4.69, 9.17) is 10.2 Å². The number of benzene rings is 1. The molecule has 1 atom stereocenters. The standard InChI is InChI=1S/C18H19N5O3S/c1-12(16(19)25)20-15(24)11-27-18-22-21-17(14-8-5-9-26-14)23(18)10-13-6-3-2-4-7-13/h2-9,12H,10-11H2,1H3,(H2,19,25)(H,20,24). The first kappa shape index (κ1) is 18.7. The fourth-order valence-corrected chi connectivity index (χ4v) is 3.13. The van der Waals surface area contributed by atoms with Gasteiger partial charge in [0.2, 0.25) is 17.6 Å². The van der Waals surface area contributed by atoms with Gasteiger partial charge in [-0.1, -0.05) is 42.1 Å². The molecule has 0 aliphatic heterocycles. The molecule has 0 radical (unpaired) electrons. The lowest BCUT2D eigenvalue weighted by atomic mass is 10.2. The van der Waals surface area contributed by atoms with Gasteiger partial charge < -0.3 is 15.5 Å². The first-order valence-electron chi connectivity index (χ1n) is 8.27. The summed E-state index contributed by atoms with van der Waals surface area (Å²) in [6.45, 7) is 2.07. The van der Waals surface area contributed by atoms with Gasteiger partial charge in [-0.15, -0.1) is 10.2 Å². The number of hydrogen-bond acceptors (Lipinski definition) is 6. The Hall–Kier alpha value is -3.07. The summed E-state index contributed by atoms with van der Waals surface area (Å²) in [6, 6.07) is 12.7. The zero-order valence-corrected chi connectivity index (χ0v) is 15.5. The van der Waals surface area contributed by atoms with Crippen molar-refractivity contribution in [2.45, 2.75) is 24.7 Å². The number of amides is 2. The second-order valence-corrected chi connectivity index (χ2v) is 6.78. The van der Waals surface area contributed by atoms with Gasteiger partial charge in [-0.3, -0.25) is 14.2 Å². The normalized spacial score (nSPS) is 11.9. The summed E-state index contributed by atoms with van der Waals surface area (Å²) in [5.74, 6) is 0.373. The average molecular weight is 385 g/mol. The van der Waals surface area contributed by atoms with Crippen molar-refractivity contribution in [3.8, 4) is 11.6 Å². The van der Waals surface area contributed by atoms with Gasteiger partial charge in [0.15, 0.2) is 10.9 Å². The predicted octanol–water partition coefficient (Wildman–Crippen LogP) is 1.67. The lowest BCUT2D eigenvalue weighted by Crippen LogP contribution is -2.42. The first-order valence-corrected chi connectivity index (χ1v) is 9.25. The van der Waals surface area contributed by atoms with E-state index in [0.29, 0.717) is 23.3 Å². The van der Waals surface area contributed by atoms with Gasteiger partial charge >= 0.3 is 0 Å². The number of hydrogen-bond donors (Lipinski definition) is 2. The van der Waals surface area contributed by atoms with Gasteiger partial charge in [-0.25, -0.2) is 0 Å². The van der Waals surface area contributed by atoms with Crippen molar-refractivity contribution in [1.29, 1.82) is 0 Å². The summed E-state index contributed by atoms with van der Waals surface area (Å²) in [5.41, 5.74) is 6.23. The highest BCUT2D eigenvalue weighted by Gasteiger charge is 2.19. The van der Waals surface area contributed by atoms with Crippen LogP contribution in [0.15, 0.2) is 58.3 Å². The monoisotopic (exact) mass is 385 g/mol. The van der Waals surface area contributed by atoms with Crippen LogP contribution >= 0.6 is 11.8 Å². The Morgan fingerprint density at radius 3 is 2.67 bits per heavy atom. The molecule has 0 aliphatic rings. The highest BCUT2D eigenvalue weighted by Crippen LogP contribution is 2.25. The third-order valence-electron chi connectivity index (χ3n) is 3.78. The third-order valence-corrected chi connectivity index (χ3v) is 4.75. The van der Waals surface area contributed by atoms with Gasteiger partial charge in [-0.2, -0.15) is 0 Å². The van der Waals surface area contributed by atoms with Crippen LogP contribution in [0.5, 0.6) is 0 Å². The van der Waals surface area contributed by atoms with Gasteiger partial charge in [0.05, 0.1) is 18.6 Å². The number of carbonyl (C=O) groups is 2. The van der Waals surface area contributed by atoms with Gasteiger partial charge in [-0.05, 0) is 24.6 Å². The molecule has 2 heterocycles. The van der Waals surface area contributed by atoms with E-state index in [0.717, 1.165) is 5.56 Å². The fraction of sp³-hybridized carbons (Fsp3) is 0.222. The van der Waals surface area contributed by atoms with Crippen LogP contribution in [0.3, 0.4) is 0 Å². The zero-order valence-electron chi connectivity index (χ0n) is 14.7. The summed E-state index contributed by atoms with van der Waals surface area (Å²) >= 11 is 1.23. The van der Waals surface area contributed by atoms with Gasteiger partial charge in [0, 0.05) is 0 Å². The number of nitrogens with one attached hydrogen (secondary N) is 1. The maximum absolute atomic E-state index is 12.0. The molecule has 2 amide bonds. The van der Waals surface area contributed by atoms with Crippen LogP contribution in [0.1, 0.15) is 12.5 Å². The van der Waals surface area contributed by atoms with Crippen molar-refractivity contribution >= 4 is 23.6 Å². The van der Waals surface area contributed by atoms with Gasteiger partial charge in [0.25, 0.3) is 0 Å². The van der Waals surface area contributed by atoms with Crippen molar-refractivity contribution in [2.24, 2.45) is 5.73 Å². The first-order chi connectivity index (χ1) is 13.0. The van der Waals surface area contributed by atoms with E-state index in [-0.39, 0.29) is 11.7 Å². The lowest BCUT2D eigenvalue weighted by molar-refractivity contribution is -0.125. The Balaban J connectivity index is 1.78. The largest absolute Gasteiger partial charge is 0.461 e. The van der Waals surface area contributed by atoms with Crippen LogP contribution in [0.25, 0.3) is 11.6 Å². The zero-order chi connectivity index (χ0) is 19.2. The van der Waals surface area contributed by atoms with Crippen molar-refractivity contribution in [3.63, 3.8) is 0 Å². The molecule has 0 aliphatic carbocycles. The van der Waals surface area contributed by atoms with Crippen molar-refractivity contribution in [2.75, 3.05) is 5.75 Å². The third kappa shape index (κ3) is 4.76. The van der Waals surface area contributed by atoms with E-state index in [2.05, 4.69) is 15.5 Å². The molecule has 0 bridgehead atoms. The van der Waals surface area contributed by atoms with E-state index in [1.165, 1.54) is 18.7 Å². The quantitative estimate of drug-likeness (QED) is 0.570. The topological polar surface area (TPSA) is 116 Å². The van der Waals surface area contributed by atoms with Crippen LogP contribution in [-0.4, -0.2) is 38.4 Å². The predicted molar refractivity (Wildman–Crippen MR) is 101 cm³/mol. The summed E-state index contributed by atoms with van der Waals surface area (Å²) in [7, 11) is 0. The van der Waals surface area contributed by atoms with Crippen LogP contribution in [-0.2, 0) is 16.1 Å². The molecule has 0 saturated heterocycles. The SMILES string of the molecule is CC(NC(=O)CSc1nnc(-c2ccco2)n1Cc1ccccc1)C(N)=O. The average Bonchev–Trinajstić information content (AvgIpc) is 3.30. The Kier molecular flexibility index (Phi) is 5.92. The Morgan fingerprint density at radius 2 is 2.00 bits per heavy atom. The molecular formula is C18H19N5O3S. The Morgan fingerprint density at radius 1 is 1.22 bits per heavy atom. The second-order valence-electron chi connectivity index (χ2n) is 5.84. The minimum atomic E-state index is -0.723. The number of rotatable bonds is 8. The molecule has 8 nitrogen and oxygen atoms in total. The molecule has 3 aromatic rings. The van der Waals surface area contributed by atoms with E-state index < -0.39 is 11.9 Å². The molecule has 1 unspecified atom stereocenters. The second kappa shape index (κ2) is 8.54. The van der Waals surface area contributed by atoms with Crippen LogP contribution in [0.2, 0.25) is 0 Å². The maximum atomic E-state index is 12.0. The summed E-state index contributed by atoms with van der Waals surface area (Å²) in [4.78, 5) is 23.1. The number of thioether (sulfide) groups is 1. The molecule has 2 aromatic heterocycles. The molecule has 3 N–H and O–H groups in total. The Bertz CT molecular complexity index is 908. The van der Waals surface area contributed by atoms with Crippen molar-refractivity contribution in [3.05, 3.63) is 54.3 Å². The van der Waals surface area contributed by atoms with E-state index in [1.807, 2.05) is 34.9 Å². The number of nitrogens with two attached hydrogens (primary N) is 1. The highest BCUT2D eigenvalue weighted by molar-refractivity contribution is 7.99. The number of primary amides is 1. The minimum Gasteiger partial charge on any atom is -0.461 e. The maximum Gasteiger partial charge on any atom is 0.239 e. The number of nitrogens with zero attached hydrogens (tertiary/aromatic N) is 3. The molecule has 140 valence electrons. The molecule has 0 saturated carbocycles. The minimum absolute atomic E-state index is 0.0860. The summed E-state index contributed by atoms with van der Waals surface area (Å²) < 4.78 is 7.35. The molecule has 9 heteroatoms. The molecule has 0 fully saturated rings. The molecule has 0 spiro atoms. The highest BCUT2D eigenvalue weighted by atomic mass is 32.2. The van der Waals surface area contributed by atoms with Gasteiger partial charge in [0.1, 0.15) is 6.04 Å². The summed E-state index contributed by atoms with van der Waals surface area (Å²) in [6.07, 6.45) is 1.57. The molecule has 27 heavy (non-hydrogen) atoms. The van der Waals surface area contributed by atoms with Crippen LogP contribution in [0, 0.1) is 0 Å². The smallest absolute Gasteiger partial charge is 0.239 e. The Labute approximate surface area is 160 Å². The molecule has 1 aromatic carbocycles. The van der Waals surface area contributed by atoms with Crippen molar-refractivity contribution in [1.82, 2.24) is 20.1 Å².